The minimum atomic E-state index is -3.94. The molecule has 0 amide bonds. The summed E-state index contributed by atoms with van der Waals surface area (Å²) in [6, 6.07) is 36.4. The molecule has 0 aliphatic rings. The predicted molar refractivity (Wildman–Crippen MR) is 454 cm³/mol. The van der Waals surface area contributed by atoms with E-state index in [0.717, 1.165) is 64.1 Å². The smallest absolute Gasteiger partial charge is 0.213 e. The third-order valence-electron chi connectivity index (χ3n) is 17.2. The first-order chi connectivity index (χ1) is 55.7. The van der Waals surface area contributed by atoms with E-state index in [-0.39, 0.29) is 60.2 Å². The van der Waals surface area contributed by atoms with Crippen LogP contribution in [0.4, 0.5) is 13.2 Å². The van der Waals surface area contributed by atoms with Gasteiger partial charge in [0.05, 0.1) is 24.5 Å². The van der Waals surface area contributed by atoms with Crippen molar-refractivity contribution in [2.24, 2.45) is 0 Å². The van der Waals surface area contributed by atoms with Crippen molar-refractivity contribution in [3.8, 4) is 0 Å². The quantitative estimate of drug-likeness (QED) is 0.0569. The van der Waals surface area contributed by atoms with Gasteiger partial charge in [-0.1, -0.05) is 68.2 Å². The summed E-state index contributed by atoms with van der Waals surface area (Å²) in [4.78, 5) is 22.4. The van der Waals surface area contributed by atoms with Gasteiger partial charge in [-0.05, 0) is 226 Å². The number of benzene rings is 5. The molecule has 0 aliphatic carbocycles. The Hall–Kier alpha value is -8.93. The van der Waals surface area contributed by atoms with Gasteiger partial charge in [-0.2, -0.15) is 25.5 Å². The third-order valence-corrected chi connectivity index (χ3v) is 31.2. The molecule has 15 rings (SSSR count). The minimum Gasteiger partial charge on any atom is -0.233 e. The number of nitrogens with zero attached hydrogens (tertiary/aromatic N) is 15. The summed E-state index contributed by atoms with van der Waals surface area (Å²) in [7, 11) is -19.3. The SMILES string of the molecule is CCSc1nn2c(C)cc(C)nc2c1S(=O)(=O)c1ccc(F)cc1.CCSc1nn2c(C)cc(C)nc2c1S(=O)(=O)c1cccc(Cl)c1.CCSc1nn2c(C)cc(C)nc2c1S(=O)(=O)c1cccc(F)c1.CSc1nn2c(C)cc(C)nc2c1S(=O)(=O)c1cccc(Cl)c1.CSc1nn2c(C)cc(C)nc2c1S(=O)(=O)c1cccc(F)c1. The van der Waals surface area contributed by atoms with Gasteiger partial charge in [0.25, 0.3) is 0 Å². The lowest BCUT2D eigenvalue weighted by atomic mass is 10.3. The Morgan fingerprint density at radius 3 is 0.763 bits per heavy atom. The van der Waals surface area contributed by atoms with E-state index in [1.54, 1.807) is 71.1 Å². The van der Waals surface area contributed by atoms with Crippen molar-refractivity contribution < 1.29 is 55.3 Å². The van der Waals surface area contributed by atoms with E-state index in [4.69, 9.17) is 23.2 Å². The first kappa shape index (κ1) is 89.8. The van der Waals surface area contributed by atoms with Crippen molar-refractivity contribution in [3.05, 3.63) is 236 Å². The third kappa shape index (κ3) is 18.7. The predicted octanol–water partition coefficient (Wildman–Crippen LogP) is 17.4. The summed E-state index contributed by atoms with van der Waals surface area (Å²) in [6.45, 7) is 24.1. The van der Waals surface area contributed by atoms with E-state index >= 15 is 0 Å². The fourth-order valence-electron chi connectivity index (χ4n) is 12.3. The van der Waals surface area contributed by atoms with Crippen LogP contribution in [-0.4, -0.2) is 145 Å². The number of fused-ring (bicyclic) bond motifs is 5. The van der Waals surface area contributed by atoms with Gasteiger partial charge >= 0.3 is 0 Å². The van der Waals surface area contributed by atoms with Crippen LogP contribution in [0.25, 0.3) is 28.2 Å². The second-order valence-corrected chi connectivity index (χ2v) is 41.7. The number of thioether (sulfide) groups is 5. The Bertz CT molecular complexity index is 6700. The lowest BCUT2D eigenvalue weighted by molar-refractivity contribution is 0.588. The van der Waals surface area contributed by atoms with Crippen molar-refractivity contribution in [2.75, 3.05) is 29.8 Å². The minimum absolute atomic E-state index is 0.0161. The van der Waals surface area contributed by atoms with Crippen LogP contribution in [-0.2, 0) is 49.2 Å². The number of halogens is 5. The summed E-state index contributed by atoms with van der Waals surface area (Å²) in [5.41, 5.74) is 9.15. The summed E-state index contributed by atoms with van der Waals surface area (Å²) in [5, 5.41) is 24.7. The summed E-state index contributed by atoms with van der Waals surface area (Å²) >= 11 is 18.5. The van der Waals surface area contributed by atoms with Crippen molar-refractivity contribution in [3.63, 3.8) is 0 Å². The molecule has 0 unspecified atom stereocenters. The fraction of sp³-hybridized carbons (Fsp3) is 0.231. The molecular weight excluding hydrogens is 1760 g/mol. The van der Waals surface area contributed by atoms with Crippen LogP contribution in [0.1, 0.15) is 77.7 Å². The van der Waals surface area contributed by atoms with Gasteiger partial charge in [0, 0.05) is 67.0 Å². The van der Waals surface area contributed by atoms with Gasteiger partial charge in [0.2, 0.25) is 49.2 Å². The van der Waals surface area contributed by atoms with E-state index in [0.29, 0.717) is 86.5 Å². The van der Waals surface area contributed by atoms with Crippen LogP contribution in [0.2, 0.25) is 10.0 Å². The van der Waals surface area contributed by atoms with Crippen LogP contribution < -0.4 is 0 Å². The zero-order chi connectivity index (χ0) is 86.0. The number of rotatable bonds is 18. The second-order valence-electron chi connectivity index (χ2n) is 26.1. The van der Waals surface area contributed by atoms with Crippen LogP contribution in [0, 0.1) is 86.7 Å². The van der Waals surface area contributed by atoms with Crippen LogP contribution in [0.3, 0.4) is 0 Å². The number of hydrogen-bond donors (Lipinski definition) is 0. The average molecular weight is 1830 g/mol. The fourth-order valence-corrected chi connectivity index (χ4v) is 25.3. The first-order valence-corrected chi connectivity index (χ1v) is 49.1. The molecule has 0 atom stereocenters. The Kier molecular flexibility index (Phi) is 27.8. The van der Waals surface area contributed by atoms with E-state index < -0.39 is 66.6 Å². The normalized spacial score (nSPS) is 12.0. The molecule has 618 valence electrons. The lowest BCUT2D eigenvalue weighted by Gasteiger charge is -2.06. The Balaban J connectivity index is 0.000000145. The molecular formula is C78H76Cl2F3N15O10S10. The Morgan fingerprint density at radius 1 is 0.297 bits per heavy atom. The molecule has 0 spiro atoms. The zero-order valence-electron chi connectivity index (χ0n) is 65.8. The highest BCUT2D eigenvalue weighted by Gasteiger charge is 2.35. The number of aryl methyl sites for hydroxylation is 10. The topological polar surface area (TPSA) is 322 Å². The van der Waals surface area contributed by atoms with Crippen molar-refractivity contribution in [1.82, 2.24) is 73.0 Å². The molecule has 25 nitrogen and oxygen atoms in total. The van der Waals surface area contributed by atoms with Gasteiger partial charge < -0.3 is 0 Å². The maximum atomic E-state index is 13.5. The van der Waals surface area contributed by atoms with Gasteiger partial charge in [-0.3, -0.25) is 0 Å². The van der Waals surface area contributed by atoms with Crippen molar-refractivity contribution >= 4 is 159 Å². The van der Waals surface area contributed by atoms with Crippen LogP contribution >= 0.6 is 82.0 Å². The number of aromatic nitrogens is 15. The van der Waals surface area contributed by atoms with E-state index in [1.807, 2.05) is 99.6 Å². The van der Waals surface area contributed by atoms with Gasteiger partial charge in [0.1, 0.15) is 42.6 Å². The van der Waals surface area contributed by atoms with Gasteiger partial charge in [-0.15, -0.1) is 58.8 Å². The first-order valence-electron chi connectivity index (χ1n) is 35.6. The monoisotopic (exact) mass is 1830 g/mol. The summed E-state index contributed by atoms with van der Waals surface area (Å²) in [5.74, 6) is 0.356. The lowest BCUT2D eigenvalue weighted by Crippen LogP contribution is -2.05. The highest BCUT2D eigenvalue weighted by molar-refractivity contribution is 8.01. The molecule has 10 heterocycles. The molecule has 0 saturated carbocycles. The molecule has 40 heteroatoms. The molecule has 5 aromatic carbocycles. The van der Waals surface area contributed by atoms with E-state index in [9.17, 15) is 55.3 Å². The number of hydrogen-bond acceptors (Lipinski definition) is 25. The molecule has 10 aromatic heterocycles. The van der Waals surface area contributed by atoms with Crippen LogP contribution in [0.15, 0.2) is 226 Å². The Labute approximate surface area is 711 Å². The largest absolute Gasteiger partial charge is 0.233 e. The maximum Gasteiger partial charge on any atom is 0.213 e. The standard InChI is InChI=1S/C16H16ClN3O2S2.2C16H16FN3O2S2.C15H14ClN3O2S2.C15H14FN3O2S2/c1-4-23-16-14(15-18-10(2)8-11(3)20(15)19-16)24(21,22)13-7-5-6-12(17)9-13;1-4-23-16-14(15-18-10(2)9-11(3)20(15)19-16)24(21,22)13-7-5-12(17)6-8-13;1-4-23-16-14(15-18-10(2)8-11(3)20(15)19-16)24(21,22)13-7-5-6-12(17)9-13;2*1-9-7-10(2)19-14(17-9)13(15(18-19)22-3)23(20,21)12-6-4-5-11(16)8-12/h3*5-9H,4H2,1-3H3;2*4-8H,1-3H3. The van der Waals surface area contributed by atoms with Crippen LogP contribution in [0.5, 0.6) is 0 Å². The van der Waals surface area contributed by atoms with E-state index in [2.05, 4.69) is 50.4 Å². The second kappa shape index (κ2) is 36.6. The Morgan fingerprint density at radius 2 is 0.525 bits per heavy atom. The molecule has 0 aliphatic heterocycles. The average Bonchev–Trinajstić information content (AvgIpc) is 1.62. The molecule has 0 fully saturated rings. The molecule has 0 bridgehead atoms. The highest BCUT2D eigenvalue weighted by Crippen LogP contribution is 2.40. The van der Waals surface area contributed by atoms with Crippen molar-refractivity contribution in [1.29, 1.82) is 0 Å². The molecule has 118 heavy (non-hydrogen) atoms. The van der Waals surface area contributed by atoms with Gasteiger partial charge in [-0.25, -0.2) is 103 Å². The zero-order valence-corrected chi connectivity index (χ0v) is 75.5. The summed E-state index contributed by atoms with van der Waals surface area (Å²) < 4.78 is 179. The number of sulfone groups is 5. The summed E-state index contributed by atoms with van der Waals surface area (Å²) in [6.07, 6.45) is 3.54. The highest BCUT2D eigenvalue weighted by atomic mass is 35.5. The van der Waals surface area contributed by atoms with Crippen molar-refractivity contribution in [2.45, 2.75) is 164 Å². The molecule has 0 N–H and O–H groups in total. The molecule has 0 saturated heterocycles. The van der Waals surface area contributed by atoms with Gasteiger partial charge in [0.15, 0.2) is 52.7 Å². The van der Waals surface area contributed by atoms with E-state index in [1.165, 1.54) is 141 Å². The maximum absolute atomic E-state index is 13.5. The molecule has 15 aromatic rings. The molecule has 0 radical (unpaired) electrons.